The van der Waals surface area contributed by atoms with Gasteiger partial charge in [0.1, 0.15) is 16.7 Å². The van der Waals surface area contributed by atoms with Crippen LogP contribution in [0.15, 0.2) is 71.6 Å². The summed E-state index contributed by atoms with van der Waals surface area (Å²) in [6.07, 6.45) is -0.526. The third-order valence-corrected chi connectivity index (χ3v) is 9.21. The zero-order valence-corrected chi connectivity index (χ0v) is 22.9. The first-order chi connectivity index (χ1) is 18.7. The largest absolute Gasteiger partial charge is 0.487 e. The number of nitrogens with zero attached hydrogens (tertiary/aromatic N) is 2. The second-order valence-corrected chi connectivity index (χ2v) is 11.9. The summed E-state index contributed by atoms with van der Waals surface area (Å²) < 4.78 is 46.0. The number of fused-ring (bicyclic) bond motifs is 2. The molecule has 3 atom stereocenters. The molecule has 0 saturated heterocycles. The number of amides is 1. The molecule has 2 heterocycles. The van der Waals surface area contributed by atoms with Crippen molar-refractivity contribution < 1.29 is 32.5 Å². The monoisotopic (exact) mass is 552 g/mol. The summed E-state index contributed by atoms with van der Waals surface area (Å²) in [6, 6.07) is 19.1. The molecule has 2 aliphatic rings. The summed E-state index contributed by atoms with van der Waals surface area (Å²) in [5.41, 5.74) is 2.18. The fourth-order valence-corrected chi connectivity index (χ4v) is 6.68. The minimum absolute atomic E-state index is 0.0316. The predicted octanol–water partition coefficient (Wildman–Crippen LogP) is 3.62. The third-order valence-electron chi connectivity index (χ3n) is 7.19. The maximum Gasteiger partial charge on any atom is 0.253 e. The SMILES string of the molecule is C[C@H]1CN([C@@H](C)CO)S(=O)(=O)c2ccc(-c3ccccc3)cc2O[C@H]1CN(C)C(=O)c1ccc2c(c1)OCO2. The van der Waals surface area contributed by atoms with E-state index >= 15 is 0 Å². The lowest BCUT2D eigenvalue weighted by Crippen LogP contribution is -2.50. The van der Waals surface area contributed by atoms with Gasteiger partial charge in [-0.3, -0.25) is 4.79 Å². The topological polar surface area (TPSA) is 106 Å². The molecule has 2 aliphatic heterocycles. The first-order valence-electron chi connectivity index (χ1n) is 12.8. The maximum atomic E-state index is 13.7. The lowest BCUT2D eigenvalue weighted by molar-refractivity contribution is 0.0563. The van der Waals surface area contributed by atoms with Gasteiger partial charge in [0.25, 0.3) is 5.91 Å². The Morgan fingerprint density at radius 3 is 2.51 bits per heavy atom. The van der Waals surface area contributed by atoms with E-state index in [1.54, 1.807) is 55.3 Å². The molecule has 39 heavy (non-hydrogen) atoms. The van der Waals surface area contributed by atoms with Gasteiger partial charge >= 0.3 is 0 Å². The van der Waals surface area contributed by atoms with Gasteiger partial charge in [-0.1, -0.05) is 43.3 Å². The number of ether oxygens (including phenoxy) is 3. The van der Waals surface area contributed by atoms with Crippen molar-refractivity contribution in [2.75, 3.05) is 33.5 Å². The van der Waals surface area contributed by atoms with Crippen molar-refractivity contribution in [1.82, 2.24) is 9.21 Å². The number of aliphatic hydroxyl groups is 1. The van der Waals surface area contributed by atoms with Crippen molar-refractivity contribution >= 4 is 15.9 Å². The first kappa shape index (κ1) is 27.0. The minimum atomic E-state index is -3.96. The second kappa shape index (κ2) is 10.9. The van der Waals surface area contributed by atoms with Crippen LogP contribution in [0.2, 0.25) is 0 Å². The van der Waals surface area contributed by atoms with Crippen LogP contribution in [0.25, 0.3) is 11.1 Å². The Balaban J connectivity index is 1.49. The first-order valence-corrected chi connectivity index (χ1v) is 14.3. The smallest absolute Gasteiger partial charge is 0.253 e. The highest BCUT2D eigenvalue weighted by atomic mass is 32.2. The Morgan fingerprint density at radius 1 is 1.03 bits per heavy atom. The van der Waals surface area contributed by atoms with Crippen molar-refractivity contribution in [2.24, 2.45) is 5.92 Å². The number of hydrogen-bond donors (Lipinski definition) is 1. The highest BCUT2D eigenvalue weighted by molar-refractivity contribution is 7.89. The fourth-order valence-electron chi connectivity index (χ4n) is 4.86. The van der Waals surface area contributed by atoms with Gasteiger partial charge in [-0.2, -0.15) is 4.31 Å². The van der Waals surface area contributed by atoms with E-state index in [1.807, 2.05) is 37.3 Å². The number of benzene rings is 3. The summed E-state index contributed by atoms with van der Waals surface area (Å²) in [6.45, 7) is 3.70. The molecule has 0 saturated carbocycles. The van der Waals surface area contributed by atoms with Crippen molar-refractivity contribution in [1.29, 1.82) is 0 Å². The molecule has 206 valence electrons. The molecule has 0 radical (unpaired) electrons. The Bertz CT molecular complexity index is 1460. The summed E-state index contributed by atoms with van der Waals surface area (Å²) in [5.74, 6) is 0.807. The van der Waals surface area contributed by atoms with Crippen LogP contribution in [-0.4, -0.2) is 74.3 Å². The Hall–Kier alpha value is -3.60. The number of likely N-dealkylation sites (N-methyl/N-ethyl adjacent to an activating group) is 1. The van der Waals surface area contributed by atoms with Gasteiger partial charge in [0.05, 0.1) is 13.2 Å². The molecular formula is C29H32N2O7S. The van der Waals surface area contributed by atoms with E-state index in [4.69, 9.17) is 14.2 Å². The van der Waals surface area contributed by atoms with Gasteiger partial charge in [0.2, 0.25) is 16.8 Å². The molecule has 5 rings (SSSR count). The van der Waals surface area contributed by atoms with Gasteiger partial charge in [0, 0.05) is 31.1 Å². The van der Waals surface area contributed by atoms with Crippen molar-refractivity contribution in [3.63, 3.8) is 0 Å². The number of sulfonamides is 1. The number of carbonyl (C=O) groups excluding carboxylic acids is 1. The molecule has 0 unspecified atom stereocenters. The van der Waals surface area contributed by atoms with Crippen LogP contribution in [0.4, 0.5) is 0 Å². The van der Waals surface area contributed by atoms with E-state index in [0.29, 0.717) is 17.1 Å². The zero-order chi connectivity index (χ0) is 27.7. The van der Waals surface area contributed by atoms with Crippen LogP contribution in [0.1, 0.15) is 24.2 Å². The molecule has 3 aromatic rings. The molecule has 3 aromatic carbocycles. The average Bonchev–Trinajstić information content (AvgIpc) is 3.42. The van der Waals surface area contributed by atoms with Crippen LogP contribution < -0.4 is 14.2 Å². The van der Waals surface area contributed by atoms with Crippen LogP contribution in [0.5, 0.6) is 17.2 Å². The molecule has 1 amide bonds. The van der Waals surface area contributed by atoms with Gasteiger partial charge < -0.3 is 24.2 Å². The van der Waals surface area contributed by atoms with E-state index in [-0.39, 0.29) is 49.0 Å². The lowest BCUT2D eigenvalue weighted by Gasteiger charge is -2.37. The van der Waals surface area contributed by atoms with Crippen molar-refractivity contribution in [3.05, 3.63) is 72.3 Å². The van der Waals surface area contributed by atoms with E-state index in [2.05, 4.69) is 0 Å². The summed E-state index contributed by atoms with van der Waals surface area (Å²) >= 11 is 0. The second-order valence-electron chi connectivity index (χ2n) is 10.0. The Morgan fingerprint density at radius 2 is 1.77 bits per heavy atom. The lowest BCUT2D eigenvalue weighted by atomic mass is 10.0. The maximum absolute atomic E-state index is 13.7. The number of aliphatic hydroxyl groups excluding tert-OH is 1. The van der Waals surface area contributed by atoms with Gasteiger partial charge in [-0.05, 0) is 48.4 Å². The zero-order valence-electron chi connectivity index (χ0n) is 22.1. The molecule has 0 aromatic heterocycles. The summed E-state index contributed by atoms with van der Waals surface area (Å²) in [5, 5.41) is 9.88. The van der Waals surface area contributed by atoms with E-state index in [0.717, 1.165) is 11.1 Å². The summed E-state index contributed by atoms with van der Waals surface area (Å²) in [4.78, 5) is 14.9. The quantitative estimate of drug-likeness (QED) is 0.498. The predicted molar refractivity (Wildman–Crippen MR) is 145 cm³/mol. The summed E-state index contributed by atoms with van der Waals surface area (Å²) in [7, 11) is -2.27. The van der Waals surface area contributed by atoms with E-state index in [1.165, 1.54) is 4.31 Å². The normalized spacial score (nSPS) is 20.7. The molecule has 10 heteroatoms. The third kappa shape index (κ3) is 5.32. The van der Waals surface area contributed by atoms with Gasteiger partial charge in [-0.25, -0.2) is 8.42 Å². The average molecular weight is 553 g/mol. The van der Waals surface area contributed by atoms with Gasteiger partial charge in [0.15, 0.2) is 11.5 Å². The standard InChI is InChI=1S/C29H32N2O7S/c1-19-15-31(20(2)17-32)39(34,35)28-12-10-22(21-7-5-4-6-8-21)13-26(28)38-27(19)16-30(3)29(33)23-9-11-24-25(14-23)37-18-36-24/h4-14,19-20,27,32H,15-18H2,1-3H3/t19-,20-,27-/m0/s1. The number of rotatable bonds is 6. The minimum Gasteiger partial charge on any atom is -0.487 e. The highest BCUT2D eigenvalue weighted by Crippen LogP contribution is 2.37. The Kier molecular flexibility index (Phi) is 7.53. The van der Waals surface area contributed by atoms with Crippen LogP contribution in [-0.2, 0) is 10.0 Å². The number of hydrogen-bond acceptors (Lipinski definition) is 7. The van der Waals surface area contributed by atoms with Crippen LogP contribution in [0, 0.1) is 5.92 Å². The van der Waals surface area contributed by atoms with Crippen molar-refractivity contribution in [3.8, 4) is 28.4 Å². The molecule has 0 bridgehead atoms. The molecule has 0 spiro atoms. The van der Waals surface area contributed by atoms with E-state index < -0.39 is 22.2 Å². The van der Waals surface area contributed by atoms with Crippen LogP contribution in [0.3, 0.4) is 0 Å². The number of carbonyl (C=O) groups is 1. The molecule has 0 aliphatic carbocycles. The van der Waals surface area contributed by atoms with Crippen molar-refractivity contribution in [2.45, 2.75) is 30.9 Å². The fraction of sp³-hybridized carbons (Fsp3) is 0.345. The molecule has 9 nitrogen and oxygen atoms in total. The van der Waals surface area contributed by atoms with Crippen LogP contribution >= 0.6 is 0 Å². The van der Waals surface area contributed by atoms with Gasteiger partial charge in [-0.15, -0.1) is 0 Å². The Labute approximate surface area is 228 Å². The molecule has 0 fully saturated rings. The van der Waals surface area contributed by atoms with E-state index in [9.17, 15) is 18.3 Å². The molecule has 1 N–H and O–H groups in total. The molecular weight excluding hydrogens is 520 g/mol. The highest BCUT2D eigenvalue weighted by Gasteiger charge is 2.38.